The topological polar surface area (TPSA) is 109 Å². The van der Waals surface area contributed by atoms with Crippen molar-refractivity contribution in [3.8, 4) is 5.75 Å². The fourth-order valence-corrected chi connectivity index (χ4v) is 5.71. The van der Waals surface area contributed by atoms with Crippen molar-refractivity contribution >= 4 is 34.7 Å². The van der Waals surface area contributed by atoms with Crippen molar-refractivity contribution in [3.63, 3.8) is 0 Å². The Hall–Kier alpha value is -3.16. The maximum atomic E-state index is 13.3. The highest BCUT2D eigenvalue weighted by Crippen LogP contribution is 2.29. The van der Waals surface area contributed by atoms with Crippen LogP contribution in [0.4, 0.5) is 18.9 Å². The number of amides is 3. The van der Waals surface area contributed by atoms with Crippen molar-refractivity contribution in [3.05, 3.63) is 45.6 Å². The van der Waals surface area contributed by atoms with Crippen molar-refractivity contribution < 1.29 is 36.8 Å². The Kier molecular flexibility index (Phi) is 11.3. The molecular weight excluding hydrogens is 547 g/mol. The van der Waals surface area contributed by atoms with E-state index in [4.69, 9.17) is 0 Å². The number of alkyl halides is 3. The number of hydrogen-bond donors (Lipinski definition) is 4. The van der Waals surface area contributed by atoms with E-state index in [0.29, 0.717) is 36.7 Å². The summed E-state index contributed by atoms with van der Waals surface area (Å²) in [4.78, 5) is 39.4. The van der Waals surface area contributed by atoms with Crippen LogP contribution in [0.15, 0.2) is 29.6 Å². The highest BCUT2D eigenvalue weighted by molar-refractivity contribution is 7.13. The zero-order valence-corrected chi connectivity index (χ0v) is 23.6. The second kappa shape index (κ2) is 14.5. The van der Waals surface area contributed by atoms with E-state index in [1.54, 1.807) is 13.1 Å². The number of anilines is 1. The van der Waals surface area contributed by atoms with Crippen LogP contribution in [0.5, 0.6) is 5.75 Å². The van der Waals surface area contributed by atoms with Crippen molar-refractivity contribution in [1.82, 2.24) is 16.0 Å². The Bertz CT molecular complexity index is 1160. The molecule has 4 N–H and O–H groups in total. The predicted octanol–water partition coefficient (Wildman–Crippen LogP) is 3.55. The molecule has 2 heterocycles. The Morgan fingerprint density at radius 1 is 0.975 bits per heavy atom. The second-order valence-electron chi connectivity index (χ2n) is 9.98. The zero-order chi connectivity index (χ0) is 29.2. The lowest BCUT2D eigenvalue weighted by Crippen LogP contribution is -2.57. The largest absolute Gasteiger partial charge is 0.573 e. The number of aryl methyl sites for hydroxylation is 1. The number of ether oxygens (including phenoxy) is 1. The van der Waals surface area contributed by atoms with Crippen LogP contribution in [0.3, 0.4) is 0 Å². The standard InChI is InChI=1S/C27H36F3N5O4S/c1-19-18-40-25(26(38)32-12-11-31-2)24(19)34-23(37)17-35(13-7-3-4-8-14-35)16-22(36)33-15-20-9-5-6-10-21(20)39-27(28,29)30/h5-6,9-10,18,31H,3-4,7-8,11-17H2,1-2H3,(H2-,32,33,34,36,37,38)/p+1. The molecule has 3 rings (SSSR count). The third kappa shape index (κ3) is 9.49. The second-order valence-corrected chi connectivity index (χ2v) is 10.9. The molecule has 220 valence electrons. The first-order valence-electron chi connectivity index (χ1n) is 13.3. The Labute approximate surface area is 236 Å². The number of benzene rings is 1. The maximum absolute atomic E-state index is 13.3. The number of thiophene rings is 1. The van der Waals surface area contributed by atoms with Crippen LogP contribution in [-0.4, -0.2) is 74.9 Å². The summed E-state index contributed by atoms with van der Waals surface area (Å²) in [5.74, 6) is -1.31. The van der Waals surface area contributed by atoms with E-state index >= 15 is 0 Å². The lowest BCUT2D eigenvalue weighted by atomic mass is 10.2. The van der Waals surface area contributed by atoms with Gasteiger partial charge in [-0.05, 0) is 56.7 Å². The molecule has 1 aromatic heterocycles. The van der Waals surface area contributed by atoms with Gasteiger partial charge in [-0.2, -0.15) is 0 Å². The average Bonchev–Trinajstić information content (AvgIpc) is 3.09. The normalized spacial score (nSPS) is 15.1. The number of carbonyl (C=O) groups excluding carboxylic acids is 3. The lowest BCUT2D eigenvalue weighted by molar-refractivity contribution is -0.912. The van der Waals surface area contributed by atoms with Crippen LogP contribution in [-0.2, 0) is 16.1 Å². The Morgan fingerprint density at radius 2 is 1.65 bits per heavy atom. The molecule has 0 unspecified atom stereocenters. The van der Waals surface area contributed by atoms with E-state index in [9.17, 15) is 27.6 Å². The number of para-hydroxylation sites is 1. The minimum absolute atomic E-state index is 0.00962. The molecule has 40 heavy (non-hydrogen) atoms. The summed E-state index contributed by atoms with van der Waals surface area (Å²) in [6.07, 6.45) is -1.17. The minimum Gasteiger partial charge on any atom is -0.405 e. The minimum atomic E-state index is -4.84. The van der Waals surface area contributed by atoms with Gasteiger partial charge < -0.3 is 30.5 Å². The van der Waals surface area contributed by atoms with Gasteiger partial charge in [0, 0.05) is 25.2 Å². The SMILES string of the molecule is CNCCNC(=O)c1scc(C)c1NC(=O)C[N+]1(CC(=O)NCc2ccccc2OC(F)(F)F)CCCCCC1. The summed E-state index contributed by atoms with van der Waals surface area (Å²) in [5, 5.41) is 13.2. The highest BCUT2D eigenvalue weighted by atomic mass is 32.1. The molecule has 1 aliphatic rings. The molecule has 1 fully saturated rings. The molecule has 3 amide bonds. The van der Waals surface area contributed by atoms with Gasteiger partial charge in [0.2, 0.25) is 0 Å². The van der Waals surface area contributed by atoms with E-state index in [0.717, 1.165) is 31.2 Å². The van der Waals surface area contributed by atoms with E-state index < -0.39 is 6.36 Å². The first-order valence-corrected chi connectivity index (χ1v) is 14.2. The van der Waals surface area contributed by atoms with E-state index in [2.05, 4.69) is 26.0 Å². The van der Waals surface area contributed by atoms with Gasteiger partial charge in [0.05, 0.1) is 18.8 Å². The van der Waals surface area contributed by atoms with Gasteiger partial charge in [0.1, 0.15) is 10.6 Å². The smallest absolute Gasteiger partial charge is 0.405 e. The molecule has 2 aromatic rings. The van der Waals surface area contributed by atoms with Crippen molar-refractivity contribution in [1.29, 1.82) is 0 Å². The number of hydrogen-bond acceptors (Lipinski definition) is 6. The van der Waals surface area contributed by atoms with Crippen LogP contribution in [0.1, 0.15) is 46.5 Å². The molecule has 1 aliphatic heterocycles. The number of rotatable bonds is 12. The van der Waals surface area contributed by atoms with Gasteiger partial charge in [0.15, 0.2) is 13.1 Å². The third-order valence-electron chi connectivity index (χ3n) is 6.75. The molecule has 0 radical (unpaired) electrons. The van der Waals surface area contributed by atoms with Gasteiger partial charge in [-0.25, -0.2) is 0 Å². The summed E-state index contributed by atoms with van der Waals surface area (Å²) in [7, 11) is 1.79. The quantitative estimate of drug-likeness (QED) is 0.226. The Balaban J connectivity index is 1.68. The number of nitrogens with zero attached hydrogens (tertiary/aromatic N) is 1. The molecule has 1 aromatic carbocycles. The van der Waals surface area contributed by atoms with Gasteiger partial charge in [-0.1, -0.05) is 18.2 Å². The molecule has 0 bridgehead atoms. The summed E-state index contributed by atoms with van der Waals surface area (Å²) in [6.45, 7) is 4.02. The van der Waals surface area contributed by atoms with Crippen LogP contribution < -0.4 is 26.0 Å². The van der Waals surface area contributed by atoms with E-state index in [-0.39, 0.29) is 53.2 Å². The lowest BCUT2D eigenvalue weighted by Gasteiger charge is -2.36. The number of carbonyl (C=O) groups is 3. The predicted molar refractivity (Wildman–Crippen MR) is 147 cm³/mol. The van der Waals surface area contributed by atoms with E-state index in [1.807, 2.05) is 12.3 Å². The summed E-state index contributed by atoms with van der Waals surface area (Å²) in [5.41, 5.74) is 1.44. The van der Waals surface area contributed by atoms with E-state index in [1.165, 1.54) is 29.5 Å². The molecule has 0 saturated carbocycles. The molecule has 1 saturated heterocycles. The third-order valence-corrected chi connectivity index (χ3v) is 7.85. The maximum Gasteiger partial charge on any atom is 0.573 e. The summed E-state index contributed by atoms with van der Waals surface area (Å²) < 4.78 is 42.6. The fraction of sp³-hybridized carbons (Fsp3) is 0.519. The van der Waals surface area contributed by atoms with Crippen molar-refractivity contribution in [2.75, 3.05) is 51.6 Å². The van der Waals surface area contributed by atoms with Gasteiger partial charge in [-0.15, -0.1) is 24.5 Å². The number of quaternary nitrogens is 1. The number of nitrogens with one attached hydrogen (secondary N) is 4. The molecule has 0 atom stereocenters. The number of likely N-dealkylation sites (tertiary alicyclic amines) is 1. The van der Waals surface area contributed by atoms with Gasteiger partial charge in [-0.3, -0.25) is 14.4 Å². The fourth-order valence-electron chi connectivity index (χ4n) is 4.79. The molecule has 13 heteroatoms. The first-order chi connectivity index (χ1) is 19.0. The van der Waals surface area contributed by atoms with Crippen molar-refractivity contribution in [2.45, 2.75) is 45.5 Å². The molecule has 9 nitrogen and oxygen atoms in total. The van der Waals surface area contributed by atoms with Crippen LogP contribution in [0.2, 0.25) is 0 Å². The zero-order valence-electron chi connectivity index (χ0n) is 22.8. The van der Waals surface area contributed by atoms with Gasteiger partial charge >= 0.3 is 6.36 Å². The highest BCUT2D eigenvalue weighted by Gasteiger charge is 2.35. The van der Waals surface area contributed by atoms with Crippen molar-refractivity contribution in [2.24, 2.45) is 0 Å². The van der Waals surface area contributed by atoms with Gasteiger partial charge in [0.25, 0.3) is 17.7 Å². The van der Waals surface area contributed by atoms with Crippen LogP contribution >= 0.6 is 11.3 Å². The average molecular weight is 585 g/mol. The Morgan fingerprint density at radius 3 is 2.33 bits per heavy atom. The summed E-state index contributed by atoms with van der Waals surface area (Å²) in [6, 6.07) is 5.65. The number of halogens is 3. The molecule has 0 aliphatic carbocycles. The number of likely N-dealkylation sites (N-methyl/N-ethyl adjacent to an activating group) is 1. The van der Waals surface area contributed by atoms with Crippen LogP contribution in [0, 0.1) is 6.92 Å². The summed E-state index contributed by atoms with van der Waals surface area (Å²) >= 11 is 1.26. The molecular formula is C27H37F3N5O4S+. The first kappa shape index (κ1) is 31.4. The van der Waals surface area contributed by atoms with Crippen LogP contribution in [0.25, 0.3) is 0 Å². The molecule has 0 spiro atoms. The monoisotopic (exact) mass is 584 g/mol.